The first-order valence-electron chi connectivity index (χ1n) is 6.14. The topological polar surface area (TPSA) is 69.6 Å². The van der Waals surface area contributed by atoms with Crippen molar-refractivity contribution in [3.05, 3.63) is 0 Å². The molecule has 0 radical (unpaired) electrons. The first-order chi connectivity index (χ1) is 7.85. The van der Waals surface area contributed by atoms with E-state index in [9.17, 15) is 9.59 Å². The molecule has 0 bridgehead atoms. The number of amides is 1. The smallest absolute Gasteiger partial charge is 0.305 e. The molecular weight excluding hydrogens is 220 g/mol. The van der Waals surface area contributed by atoms with E-state index in [0.717, 1.165) is 19.4 Å². The largest absolute Gasteiger partial charge is 0.481 e. The van der Waals surface area contributed by atoms with Gasteiger partial charge in [-0.15, -0.1) is 0 Å². The Morgan fingerprint density at radius 2 is 2.24 bits per heavy atom. The van der Waals surface area contributed by atoms with Crippen molar-refractivity contribution in [1.82, 2.24) is 10.2 Å². The van der Waals surface area contributed by atoms with Gasteiger partial charge in [-0.05, 0) is 20.3 Å². The number of carboxylic acids is 1. The summed E-state index contributed by atoms with van der Waals surface area (Å²) in [6.45, 7) is 7.42. The van der Waals surface area contributed by atoms with E-state index in [2.05, 4.69) is 12.2 Å². The zero-order chi connectivity index (χ0) is 13.1. The molecule has 2 N–H and O–H groups in total. The molecule has 1 amide bonds. The molecule has 1 aliphatic rings. The van der Waals surface area contributed by atoms with Gasteiger partial charge in [-0.2, -0.15) is 0 Å². The van der Waals surface area contributed by atoms with Crippen LogP contribution in [0.1, 0.15) is 40.0 Å². The maximum absolute atomic E-state index is 12.1. The summed E-state index contributed by atoms with van der Waals surface area (Å²) >= 11 is 0. The Bertz CT molecular complexity index is 302. The van der Waals surface area contributed by atoms with Gasteiger partial charge in [0.25, 0.3) is 0 Å². The summed E-state index contributed by atoms with van der Waals surface area (Å²) in [6.07, 6.45) is 1.84. The molecule has 1 saturated heterocycles. The Morgan fingerprint density at radius 3 is 2.76 bits per heavy atom. The van der Waals surface area contributed by atoms with Gasteiger partial charge in [0.05, 0.1) is 12.5 Å². The average Bonchev–Trinajstić information content (AvgIpc) is 2.19. The minimum atomic E-state index is -0.941. The summed E-state index contributed by atoms with van der Waals surface area (Å²) in [7, 11) is 0. The summed E-state index contributed by atoms with van der Waals surface area (Å²) in [5, 5.41) is 11.9. The van der Waals surface area contributed by atoms with Gasteiger partial charge in [0.15, 0.2) is 0 Å². The van der Waals surface area contributed by atoms with E-state index in [1.807, 2.05) is 13.8 Å². The van der Waals surface area contributed by atoms with Crippen LogP contribution in [0.25, 0.3) is 0 Å². The molecule has 0 aromatic carbocycles. The van der Waals surface area contributed by atoms with E-state index in [4.69, 9.17) is 5.11 Å². The summed E-state index contributed by atoms with van der Waals surface area (Å²) in [6, 6.07) is -0.590. The number of aliphatic carboxylic acids is 1. The molecule has 1 aliphatic heterocycles. The van der Waals surface area contributed by atoms with E-state index < -0.39 is 12.0 Å². The minimum Gasteiger partial charge on any atom is -0.481 e. The second-order valence-corrected chi connectivity index (χ2v) is 5.29. The van der Waals surface area contributed by atoms with Crippen molar-refractivity contribution in [2.45, 2.75) is 51.6 Å². The highest BCUT2D eigenvalue weighted by molar-refractivity contribution is 5.87. The minimum absolute atomic E-state index is 0.0832. The normalized spacial score (nSPS) is 23.8. The first kappa shape index (κ1) is 14.0. The predicted octanol–water partition coefficient (Wildman–Crippen LogP) is 0.840. The Morgan fingerprint density at radius 1 is 1.59 bits per heavy atom. The maximum atomic E-state index is 12.1. The van der Waals surface area contributed by atoms with Crippen molar-refractivity contribution < 1.29 is 14.7 Å². The van der Waals surface area contributed by atoms with Gasteiger partial charge in [-0.1, -0.05) is 13.3 Å². The molecule has 1 fully saturated rings. The lowest BCUT2D eigenvalue weighted by atomic mass is 9.96. The monoisotopic (exact) mass is 242 g/mol. The molecule has 1 rings (SSSR count). The summed E-state index contributed by atoms with van der Waals surface area (Å²) < 4.78 is 0. The van der Waals surface area contributed by atoms with Crippen LogP contribution < -0.4 is 5.32 Å². The van der Waals surface area contributed by atoms with Crippen LogP contribution in [0.3, 0.4) is 0 Å². The van der Waals surface area contributed by atoms with Crippen molar-refractivity contribution in [3.8, 4) is 0 Å². The fraction of sp³-hybridized carbons (Fsp3) is 0.833. The molecule has 1 heterocycles. The Labute approximate surface area is 102 Å². The third-order valence-corrected chi connectivity index (χ3v) is 2.92. The number of carbonyl (C=O) groups is 2. The number of carboxylic acid groups (broad SMARTS) is 1. The van der Waals surface area contributed by atoms with Gasteiger partial charge in [0, 0.05) is 18.6 Å². The quantitative estimate of drug-likeness (QED) is 0.749. The molecule has 17 heavy (non-hydrogen) atoms. The second-order valence-electron chi connectivity index (χ2n) is 5.29. The van der Waals surface area contributed by atoms with Crippen molar-refractivity contribution in [3.63, 3.8) is 0 Å². The summed E-state index contributed by atoms with van der Waals surface area (Å²) in [5.74, 6) is -1.02. The summed E-state index contributed by atoms with van der Waals surface area (Å²) in [4.78, 5) is 24.6. The fourth-order valence-corrected chi connectivity index (χ4v) is 2.21. The van der Waals surface area contributed by atoms with Crippen LogP contribution >= 0.6 is 0 Å². The van der Waals surface area contributed by atoms with Crippen LogP contribution in [-0.2, 0) is 9.59 Å². The number of nitrogens with one attached hydrogen (secondary N) is 1. The SMILES string of the molecule is CCCCN1CC(C)(C)NC(CC(=O)O)C1=O. The number of carbonyl (C=O) groups excluding carboxylic acids is 1. The van der Waals surface area contributed by atoms with Crippen LogP contribution in [0.5, 0.6) is 0 Å². The van der Waals surface area contributed by atoms with Gasteiger partial charge in [0.2, 0.25) is 5.91 Å². The number of piperazine rings is 1. The van der Waals surface area contributed by atoms with Gasteiger partial charge < -0.3 is 10.0 Å². The number of hydrogen-bond acceptors (Lipinski definition) is 3. The highest BCUT2D eigenvalue weighted by Crippen LogP contribution is 2.17. The second kappa shape index (κ2) is 5.49. The lowest BCUT2D eigenvalue weighted by Gasteiger charge is -2.43. The molecule has 5 nitrogen and oxygen atoms in total. The highest BCUT2D eigenvalue weighted by atomic mass is 16.4. The highest BCUT2D eigenvalue weighted by Gasteiger charge is 2.38. The van der Waals surface area contributed by atoms with E-state index >= 15 is 0 Å². The van der Waals surface area contributed by atoms with Crippen molar-refractivity contribution in [1.29, 1.82) is 0 Å². The molecule has 5 heteroatoms. The van der Waals surface area contributed by atoms with E-state index in [1.54, 1.807) is 4.90 Å². The molecular formula is C12H22N2O3. The predicted molar refractivity (Wildman–Crippen MR) is 64.7 cm³/mol. The molecule has 0 aromatic rings. The van der Waals surface area contributed by atoms with Crippen LogP contribution in [0.15, 0.2) is 0 Å². The molecule has 0 spiro atoms. The standard InChI is InChI=1S/C12H22N2O3/c1-4-5-6-14-8-12(2,3)13-9(11(14)17)7-10(15)16/h9,13H,4-8H2,1-3H3,(H,15,16). The Hall–Kier alpha value is -1.10. The van der Waals surface area contributed by atoms with Crippen LogP contribution in [-0.4, -0.2) is 46.6 Å². The van der Waals surface area contributed by atoms with Crippen molar-refractivity contribution in [2.24, 2.45) is 0 Å². The van der Waals surface area contributed by atoms with Crippen molar-refractivity contribution in [2.75, 3.05) is 13.1 Å². The van der Waals surface area contributed by atoms with Crippen LogP contribution in [0.2, 0.25) is 0 Å². The van der Waals surface area contributed by atoms with Crippen LogP contribution in [0, 0.1) is 0 Å². The number of rotatable bonds is 5. The zero-order valence-corrected chi connectivity index (χ0v) is 10.8. The van der Waals surface area contributed by atoms with Gasteiger partial charge in [-0.25, -0.2) is 0 Å². The Kier molecular flexibility index (Phi) is 4.51. The maximum Gasteiger partial charge on any atom is 0.305 e. The molecule has 1 unspecified atom stereocenters. The fourth-order valence-electron chi connectivity index (χ4n) is 2.21. The molecule has 0 saturated carbocycles. The average molecular weight is 242 g/mol. The van der Waals surface area contributed by atoms with E-state index in [-0.39, 0.29) is 17.9 Å². The van der Waals surface area contributed by atoms with Gasteiger partial charge in [-0.3, -0.25) is 14.9 Å². The number of unbranched alkanes of at least 4 members (excludes halogenated alkanes) is 1. The Balaban J connectivity index is 2.71. The van der Waals surface area contributed by atoms with Crippen LogP contribution in [0.4, 0.5) is 0 Å². The zero-order valence-electron chi connectivity index (χ0n) is 10.8. The molecule has 0 aliphatic carbocycles. The summed E-state index contributed by atoms with van der Waals surface area (Å²) in [5.41, 5.74) is -0.220. The molecule has 0 aromatic heterocycles. The van der Waals surface area contributed by atoms with E-state index in [1.165, 1.54) is 0 Å². The van der Waals surface area contributed by atoms with Crippen molar-refractivity contribution >= 4 is 11.9 Å². The van der Waals surface area contributed by atoms with Gasteiger partial charge >= 0.3 is 5.97 Å². The molecule has 98 valence electrons. The van der Waals surface area contributed by atoms with Gasteiger partial charge in [0.1, 0.15) is 0 Å². The lowest BCUT2D eigenvalue weighted by Crippen LogP contribution is -2.65. The molecule has 1 atom stereocenters. The lowest BCUT2D eigenvalue weighted by molar-refractivity contribution is -0.146. The number of hydrogen-bond donors (Lipinski definition) is 2. The first-order valence-corrected chi connectivity index (χ1v) is 6.14. The number of nitrogens with zero attached hydrogens (tertiary/aromatic N) is 1. The van der Waals surface area contributed by atoms with E-state index in [0.29, 0.717) is 6.54 Å². The third-order valence-electron chi connectivity index (χ3n) is 2.92. The third kappa shape index (κ3) is 4.00.